The van der Waals surface area contributed by atoms with Crippen molar-refractivity contribution in [2.45, 2.75) is 175 Å². The molecule has 8 aliphatic heterocycles. The van der Waals surface area contributed by atoms with Crippen molar-refractivity contribution in [1.29, 1.82) is 0 Å². The van der Waals surface area contributed by atoms with Crippen LogP contribution in [0.1, 0.15) is 227 Å². The predicted octanol–water partition coefficient (Wildman–Crippen LogP) is 7.91. The Morgan fingerprint density at radius 1 is 0.286 bits per heavy atom. The zero-order valence-corrected chi connectivity index (χ0v) is 76.4. The SMILES string of the molecule is CC(C)[C@@]12O[C@]13c1cc(O)c4c(c1N[C@H]2C#C/C=C\C#C[C@@H]3O)C(=O)c1ccc(CN)cc1C4=O.CC(C)[C@@]12O[C@]13c1cc(O)c4c(c1N[C@H]2C#C/C=C\C#C[C@@H]3O)C(=O)c1cccc(CN)c1C4=O.CC(C)[C@@]12O[C@]13c1cc(O)c4c(c1N[C@H]2C#C/C=C\C#C[C@H]3O)C(=O)c1c(CN)cccc1C4=O.CC(C)[C@@]12O[C@]13c1cc(O)c4c(c1N[C@H]2C#C/C=C\C#C[C@H]3O)C(=O)c1cccc(CN)c1C4=O. The van der Waals surface area contributed by atoms with E-state index in [9.17, 15) is 79.2 Å². The number of nitrogens with one attached hydrogen (secondary N) is 4. The Labute approximate surface area is 802 Å². The number of phenolic OH excluding ortho intramolecular Hbond substituents is 4. The van der Waals surface area contributed by atoms with E-state index in [4.69, 9.17) is 41.9 Å². The summed E-state index contributed by atoms with van der Waals surface area (Å²) in [6.07, 6.45) is 7.50. The molecule has 0 spiro atoms. The lowest BCUT2D eigenvalue weighted by atomic mass is 9.67. The first kappa shape index (κ1) is 90.9. The highest BCUT2D eigenvalue weighted by Gasteiger charge is 2.85. The number of anilines is 4. The third-order valence-corrected chi connectivity index (χ3v) is 30.1. The van der Waals surface area contributed by atoms with Gasteiger partial charge in [0, 0.05) is 92.9 Å². The van der Waals surface area contributed by atoms with Gasteiger partial charge in [-0.25, -0.2) is 0 Å². The smallest absolute Gasteiger partial charge is 0.198 e. The predicted molar refractivity (Wildman–Crippen MR) is 511 cm³/mol. The topological polar surface area (TPSA) is 501 Å². The average molecular weight is 1870 g/mol. The third-order valence-electron chi connectivity index (χ3n) is 30.1. The molecule has 24 rings (SSSR count). The zero-order chi connectivity index (χ0) is 98.8. The third kappa shape index (κ3) is 11.8. The number of ketones is 8. The van der Waals surface area contributed by atoms with Gasteiger partial charge in [0.1, 0.15) is 69.6 Å². The highest BCUT2D eigenvalue weighted by molar-refractivity contribution is 6.35. The molecule has 8 heterocycles. The van der Waals surface area contributed by atoms with Crippen molar-refractivity contribution in [3.63, 3.8) is 0 Å². The molecule has 20 N–H and O–H groups in total. The average Bonchev–Trinajstić information content (AvgIpc) is 1.49. The molecule has 0 unspecified atom stereocenters. The standard InChI is InChI=1S/4C28H22N2O5/c2*1-14(2)27-19-10-5-3-4-6-11-20(32)28(27,35-27)17-12-18(31)22-23(24(17)30-19)25(33)16-9-7-8-15(13-29)21(16)26(22)34;1-14(2)27-19-10-5-3-4-6-11-20(32)28(27,35-27)17-12-18(31)22-23(24(17)30-19)26(34)21-15(13-29)8-7-9-16(21)25(22)33;1-14(2)27-20-7-5-3-4-6-8-21(32)28(27,35-27)18-12-19(31)22-23(24(18)30-20)25(33)16-10-9-15(13-29)11-17(16)26(22)34/h3*3-4,7-9,12,14,19-20,30-32H,13,29H2,1-2H3;3-4,9-12,14,20-21,30-32H,13,29H2,1-2H3/b4*4-3-/t19-,20+,27-,28-;19-,20-,27-,28-;19-,20+,27-,28-;20-,21-,27-,28-/m0000/s1. The van der Waals surface area contributed by atoms with Gasteiger partial charge in [0.15, 0.2) is 93.1 Å². The molecule has 4 fully saturated rings. The lowest BCUT2D eigenvalue weighted by Crippen LogP contribution is -2.52. The van der Waals surface area contributed by atoms with E-state index in [-0.39, 0.29) is 162 Å². The molecule has 28 heteroatoms. The maximum Gasteiger partial charge on any atom is 0.198 e. The van der Waals surface area contributed by atoms with E-state index >= 15 is 0 Å². The van der Waals surface area contributed by atoms with Gasteiger partial charge in [0.2, 0.25) is 0 Å². The Morgan fingerprint density at radius 2 is 0.521 bits per heavy atom. The first-order valence-corrected chi connectivity index (χ1v) is 45.7. The molecule has 696 valence electrons. The van der Waals surface area contributed by atoms with Crippen molar-refractivity contribution in [1.82, 2.24) is 0 Å². The number of carbonyl (C=O) groups excluding carboxylic acids is 8. The van der Waals surface area contributed by atoms with Crippen molar-refractivity contribution in [2.24, 2.45) is 46.6 Å². The van der Waals surface area contributed by atoms with Crippen LogP contribution in [0.25, 0.3) is 0 Å². The molecule has 28 nitrogen and oxygen atoms in total. The summed E-state index contributed by atoms with van der Waals surface area (Å²) in [7, 11) is 0. The molecular weight excluding hydrogens is 1780 g/mol. The van der Waals surface area contributed by atoms with Crippen LogP contribution >= 0.6 is 0 Å². The summed E-state index contributed by atoms with van der Waals surface area (Å²) in [6, 6.07) is 22.9. The lowest BCUT2D eigenvalue weighted by molar-refractivity contribution is 0.0974. The number of hydrogen-bond acceptors (Lipinski definition) is 28. The normalized spacial score (nSPS) is 29.7. The summed E-state index contributed by atoms with van der Waals surface area (Å²) in [4.78, 5) is 110. The van der Waals surface area contributed by atoms with Crippen molar-refractivity contribution in [2.75, 3.05) is 21.3 Å². The molecule has 8 bridgehead atoms. The van der Waals surface area contributed by atoms with Crippen molar-refractivity contribution >= 4 is 69.0 Å². The molecule has 140 heavy (non-hydrogen) atoms. The number of phenols is 4. The van der Waals surface area contributed by atoms with Gasteiger partial charge in [0.25, 0.3) is 0 Å². The minimum atomic E-state index is -1.34. The second kappa shape index (κ2) is 32.0. The lowest BCUT2D eigenvalue weighted by Gasteiger charge is -2.38. The second-order valence-corrected chi connectivity index (χ2v) is 37.8. The van der Waals surface area contributed by atoms with Gasteiger partial charge in [-0.2, -0.15) is 0 Å². The Kier molecular flexibility index (Phi) is 20.8. The fourth-order valence-electron chi connectivity index (χ4n) is 23.8. The highest BCUT2D eigenvalue weighted by atomic mass is 16.7. The molecule has 8 aliphatic carbocycles. The molecule has 0 radical (unpaired) electrons. The summed E-state index contributed by atoms with van der Waals surface area (Å²) >= 11 is 0. The summed E-state index contributed by atoms with van der Waals surface area (Å²) in [5.74, 6) is 41.4. The number of aliphatic hydroxyl groups excluding tert-OH is 4. The first-order chi connectivity index (χ1) is 67.1. The molecule has 0 aromatic heterocycles. The molecule has 4 saturated heterocycles. The number of rotatable bonds is 8. The number of ether oxygens (including phenoxy) is 4. The number of allylic oxidation sites excluding steroid dienone is 8. The largest absolute Gasteiger partial charge is 0.507 e. The van der Waals surface area contributed by atoms with Gasteiger partial charge in [-0.05, 0) is 131 Å². The maximum atomic E-state index is 13.9. The summed E-state index contributed by atoms with van der Waals surface area (Å²) in [5.41, 5.74) is 20.7. The van der Waals surface area contributed by atoms with Crippen LogP contribution in [0.3, 0.4) is 0 Å². The Bertz CT molecular complexity index is 7640. The van der Waals surface area contributed by atoms with Gasteiger partial charge < -0.3 is 104 Å². The molecule has 8 aromatic rings. The number of aliphatic hydroxyl groups is 4. The van der Waals surface area contributed by atoms with Gasteiger partial charge in [0.05, 0.1) is 67.3 Å². The Morgan fingerprint density at radius 3 is 0.786 bits per heavy atom. The van der Waals surface area contributed by atoms with Gasteiger partial charge >= 0.3 is 0 Å². The summed E-state index contributed by atoms with van der Waals surface area (Å²) in [5, 5.41) is 103. The number of benzene rings is 8. The Hall–Kier alpha value is -15.5. The molecule has 8 aromatic carbocycles. The van der Waals surface area contributed by atoms with Crippen LogP contribution in [-0.2, 0) is 67.5 Å². The van der Waals surface area contributed by atoms with E-state index in [1.165, 1.54) is 24.3 Å². The fourth-order valence-corrected chi connectivity index (χ4v) is 23.8. The van der Waals surface area contributed by atoms with Gasteiger partial charge in [-0.3, -0.25) is 38.4 Å². The highest BCUT2D eigenvalue weighted by Crippen LogP contribution is 2.74. The molecule has 16 atom stereocenters. The molecular formula is C112H88N8O20. The van der Waals surface area contributed by atoms with E-state index in [0.717, 1.165) is 0 Å². The van der Waals surface area contributed by atoms with E-state index < -0.39 is 140 Å². The van der Waals surface area contributed by atoms with E-state index in [0.29, 0.717) is 67.3 Å². The number of nitrogens with two attached hydrogens (primary N) is 4. The van der Waals surface area contributed by atoms with Crippen LogP contribution in [0.2, 0.25) is 0 Å². The van der Waals surface area contributed by atoms with Crippen LogP contribution in [0, 0.1) is 118 Å². The number of hydrogen-bond donors (Lipinski definition) is 16. The Balaban J connectivity index is 0.000000111. The van der Waals surface area contributed by atoms with Crippen molar-refractivity contribution in [3.05, 3.63) is 279 Å². The van der Waals surface area contributed by atoms with Crippen LogP contribution in [0.4, 0.5) is 22.7 Å². The molecule has 0 amide bonds. The van der Waals surface area contributed by atoms with Crippen LogP contribution in [-0.4, -0.2) is 158 Å². The van der Waals surface area contributed by atoms with Gasteiger partial charge in [-0.1, -0.05) is 211 Å². The van der Waals surface area contributed by atoms with Crippen molar-refractivity contribution in [3.8, 4) is 118 Å². The van der Waals surface area contributed by atoms with Crippen LogP contribution in [0.15, 0.2) is 146 Å². The van der Waals surface area contributed by atoms with Crippen LogP contribution < -0.4 is 44.2 Å². The fraction of sp³-hybridized carbons (Fsp3) is 0.286. The minimum Gasteiger partial charge on any atom is -0.507 e. The van der Waals surface area contributed by atoms with Gasteiger partial charge in [-0.15, -0.1) is 0 Å². The minimum absolute atomic E-state index is 0.0326. The quantitative estimate of drug-likeness (QED) is 0.0390. The van der Waals surface area contributed by atoms with E-state index in [2.05, 4.69) is 116 Å². The number of aromatic hydroxyl groups is 4. The number of epoxide rings is 4. The zero-order valence-electron chi connectivity index (χ0n) is 76.4. The maximum absolute atomic E-state index is 13.9. The first-order valence-electron chi connectivity index (χ1n) is 45.7. The summed E-state index contributed by atoms with van der Waals surface area (Å²) < 4.78 is 25.6. The number of carbonyl (C=O) groups is 8. The van der Waals surface area contributed by atoms with Crippen molar-refractivity contribution < 1.29 is 98.2 Å². The monoisotopic (exact) mass is 1860 g/mol. The number of fused-ring (bicyclic) bond motifs is 16. The van der Waals surface area contributed by atoms with E-state index in [1.54, 1.807) is 121 Å². The molecule has 0 saturated carbocycles. The summed E-state index contributed by atoms with van der Waals surface area (Å²) in [6.45, 7) is 16.1. The second-order valence-electron chi connectivity index (χ2n) is 37.8. The molecule has 16 aliphatic rings. The van der Waals surface area contributed by atoms with E-state index in [1.807, 2.05) is 55.4 Å². The van der Waals surface area contributed by atoms with Crippen LogP contribution in [0.5, 0.6) is 23.0 Å².